The van der Waals surface area contributed by atoms with Crippen molar-refractivity contribution in [2.75, 3.05) is 5.32 Å². The van der Waals surface area contributed by atoms with Crippen molar-refractivity contribution in [3.8, 4) is 0 Å². The molecule has 1 saturated heterocycles. The number of nitrogens with one attached hydrogen (secondary N) is 1. The van der Waals surface area contributed by atoms with E-state index in [1.807, 2.05) is 58.0 Å². The van der Waals surface area contributed by atoms with Gasteiger partial charge in [0.25, 0.3) is 0 Å². The number of carbonyl (C=O) groups excluding carboxylic acids is 1. The van der Waals surface area contributed by atoms with E-state index in [0.717, 1.165) is 11.2 Å². The van der Waals surface area contributed by atoms with Gasteiger partial charge in [0, 0.05) is 18.3 Å². The third-order valence-corrected chi connectivity index (χ3v) is 4.55. The van der Waals surface area contributed by atoms with E-state index in [0.29, 0.717) is 5.69 Å². The highest BCUT2D eigenvalue weighted by Gasteiger charge is 2.51. The van der Waals surface area contributed by atoms with Gasteiger partial charge in [-0.3, -0.25) is 4.79 Å². The van der Waals surface area contributed by atoms with Crippen LogP contribution in [0.1, 0.15) is 34.6 Å². The van der Waals surface area contributed by atoms with Crippen molar-refractivity contribution in [2.45, 2.75) is 45.8 Å². The number of carbonyl (C=O) groups is 1. The molecule has 27 heavy (non-hydrogen) atoms. The van der Waals surface area contributed by atoms with E-state index in [1.54, 1.807) is 6.07 Å². The maximum absolute atomic E-state index is 13.2. The van der Waals surface area contributed by atoms with Crippen LogP contribution in [0.3, 0.4) is 0 Å². The van der Waals surface area contributed by atoms with E-state index in [-0.39, 0.29) is 30.0 Å². The van der Waals surface area contributed by atoms with Gasteiger partial charge in [-0.25, -0.2) is 4.39 Å². The summed E-state index contributed by atoms with van der Waals surface area (Å²) in [5.41, 5.74) is 6.34. The summed E-state index contributed by atoms with van der Waals surface area (Å²) in [5.74, 6) is -0.594. The van der Waals surface area contributed by atoms with Gasteiger partial charge in [0.15, 0.2) is 0 Å². The average Bonchev–Trinajstić information content (AvgIpc) is 2.75. The van der Waals surface area contributed by atoms with Crippen LogP contribution in [-0.4, -0.2) is 24.2 Å². The van der Waals surface area contributed by atoms with E-state index in [9.17, 15) is 9.18 Å². The van der Waals surface area contributed by atoms with E-state index in [2.05, 4.69) is 11.1 Å². The molecule has 0 atom stereocenters. The molecule has 0 unspecified atom stereocenters. The topological polar surface area (TPSA) is 73.6 Å². The number of halogens is 1. The molecule has 1 aliphatic rings. The standard InChI is InChI=1S/C18H21BFNO2.C2H5NO/c1-17(2)18(3,4)23-19(22-17)13-8-10-15(11-9-13)21-16-7-5-6-14(20)12-16;1-2(3)4/h5-12,21H,1-4H3;1H3,(H2,3,4). The molecule has 0 saturated carbocycles. The molecule has 0 aromatic heterocycles. The van der Waals surface area contributed by atoms with Gasteiger partial charge in [-0.1, -0.05) is 18.2 Å². The van der Waals surface area contributed by atoms with Crippen molar-refractivity contribution in [1.29, 1.82) is 0 Å². The molecule has 1 fully saturated rings. The van der Waals surface area contributed by atoms with Crippen LogP contribution in [0.2, 0.25) is 0 Å². The van der Waals surface area contributed by atoms with Crippen LogP contribution in [-0.2, 0) is 14.1 Å². The van der Waals surface area contributed by atoms with Crippen LogP contribution >= 0.6 is 0 Å². The quantitative estimate of drug-likeness (QED) is 0.811. The first-order valence-electron chi connectivity index (χ1n) is 8.74. The number of rotatable bonds is 3. The molecule has 1 amide bonds. The SMILES string of the molecule is CC(N)=O.CC1(C)OB(c2ccc(Nc3cccc(F)c3)cc2)OC1(C)C. The van der Waals surface area contributed by atoms with Crippen molar-refractivity contribution in [1.82, 2.24) is 0 Å². The Balaban J connectivity index is 0.000000596. The molecular weight excluding hydrogens is 346 g/mol. The van der Waals surface area contributed by atoms with Crippen molar-refractivity contribution < 1.29 is 18.5 Å². The Labute approximate surface area is 160 Å². The lowest BCUT2D eigenvalue weighted by Crippen LogP contribution is -2.41. The van der Waals surface area contributed by atoms with Crippen LogP contribution in [0.5, 0.6) is 0 Å². The van der Waals surface area contributed by atoms with Gasteiger partial charge in [0.2, 0.25) is 5.91 Å². The zero-order valence-corrected chi connectivity index (χ0v) is 16.4. The van der Waals surface area contributed by atoms with Crippen molar-refractivity contribution >= 4 is 29.9 Å². The fourth-order valence-corrected chi connectivity index (χ4v) is 2.44. The number of nitrogens with two attached hydrogens (primary N) is 1. The molecule has 7 heteroatoms. The molecule has 1 aliphatic heterocycles. The second kappa shape index (κ2) is 8.11. The van der Waals surface area contributed by atoms with Crippen molar-refractivity contribution in [3.05, 3.63) is 54.3 Å². The van der Waals surface area contributed by atoms with Crippen LogP contribution in [0.15, 0.2) is 48.5 Å². The predicted octanol–water partition coefficient (Wildman–Crippen LogP) is 3.36. The van der Waals surface area contributed by atoms with Crippen LogP contribution < -0.4 is 16.5 Å². The summed E-state index contributed by atoms with van der Waals surface area (Å²) in [6.45, 7) is 9.44. The predicted molar refractivity (Wildman–Crippen MR) is 107 cm³/mol. The molecule has 0 spiro atoms. The Morgan fingerprint density at radius 1 is 1.00 bits per heavy atom. The number of hydrogen-bond donors (Lipinski definition) is 2. The Kier molecular flexibility index (Phi) is 6.28. The summed E-state index contributed by atoms with van der Waals surface area (Å²) in [4.78, 5) is 9.22. The molecule has 0 radical (unpaired) electrons. The minimum Gasteiger partial charge on any atom is -0.399 e. The fourth-order valence-electron chi connectivity index (χ4n) is 2.44. The summed E-state index contributed by atoms with van der Waals surface area (Å²) in [6, 6.07) is 14.2. The number of benzene rings is 2. The molecule has 2 aromatic rings. The summed E-state index contributed by atoms with van der Waals surface area (Å²) in [5, 5.41) is 3.17. The fraction of sp³-hybridized carbons (Fsp3) is 0.350. The Morgan fingerprint density at radius 3 is 2.00 bits per heavy atom. The third kappa shape index (κ3) is 5.55. The monoisotopic (exact) mass is 372 g/mol. The first-order valence-corrected chi connectivity index (χ1v) is 8.74. The number of primary amides is 1. The number of anilines is 2. The van der Waals surface area contributed by atoms with E-state index < -0.39 is 0 Å². The zero-order chi connectivity index (χ0) is 20.2. The van der Waals surface area contributed by atoms with Crippen molar-refractivity contribution in [3.63, 3.8) is 0 Å². The molecule has 1 heterocycles. The molecule has 3 rings (SSSR count). The minimum absolute atomic E-state index is 0.260. The first kappa shape index (κ1) is 20.9. The van der Waals surface area contributed by atoms with E-state index >= 15 is 0 Å². The molecule has 144 valence electrons. The first-order chi connectivity index (χ1) is 12.5. The van der Waals surface area contributed by atoms with Gasteiger partial charge in [-0.15, -0.1) is 0 Å². The highest BCUT2D eigenvalue weighted by Crippen LogP contribution is 2.36. The molecule has 5 nitrogen and oxygen atoms in total. The summed E-state index contributed by atoms with van der Waals surface area (Å²) in [6.07, 6.45) is 0. The number of hydrogen-bond acceptors (Lipinski definition) is 4. The van der Waals surface area contributed by atoms with Gasteiger partial charge in [-0.05, 0) is 63.5 Å². The van der Waals surface area contributed by atoms with E-state index in [4.69, 9.17) is 9.31 Å². The minimum atomic E-state index is -0.372. The molecule has 0 aliphatic carbocycles. The molecular formula is C20H26BFN2O3. The smallest absolute Gasteiger partial charge is 0.399 e. The van der Waals surface area contributed by atoms with Crippen LogP contribution in [0.4, 0.5) is 15.8 Å². The third-order valence-electron chi connectivity index (χ3n) is 4.55. The van der Waals surface area contributed by atoms with E-state index in [1.165, 1.54) is 19.1 Å². The average molecular weight is 372 g/mol. The van der Waals surface area contributed by atoms with Crippen LogP contribution in [0.25, 0.3) is 0 Å². The number of amides is 1. The maximum atomic E-state index is 13.2. The van der Waals surface area contributed by atoms with Gasteiger partial charge in [0.1, 0.15) is 5.82 Å². The largest absolute Gasteiger partial charge is 0.494 e. The summed E-state index contributed by atoms with van der Waals surface area (Å²) < 4.78 is 25.3. The molecule has 0 bridgehead atoms. The summed E-state index contributed by atoms with van der Waals surface area (Å²) in [7, 11) is -0.372. The second-order valence-corrected chi connectivity index (χ2v) is 7.46. The lowest BCUT2D eigenvalue weighted by molar-refractivity contribution is -0.115. The Hall–Kier alpha value is -2.38. The summed E-state index contributed by atoms with van der Waals surface area (Å²) >= 11 is 0. The lowest BCUT2D eigenvalue weighted by atomic mass is 9.79. The Bertz CT molecular complexity index is 774. The highest BCUT2D eigenvalue weighted by atomic mass is 19.1. The van der Waals surface area contributed by atoms with Crippen LogP contribution in [0, 0.1) is 5.82 Å². The van der Waals surface area contributed by atoms with Crippen molar-refractivity contribution in [2.24, 2.45) is 5.73 Å². The zero-order valence-electron chi connectivity index (χ0n) is 16.4. The Morgan fingerprint density at radius 2 is 1.52 bits per heavy atom. The van der Waals surface area contributed by atoms with Gasteiger partial charge >= 0.3 is 7.12 Å². The maximum Gasteiger partial charge on any atom is 0.494 e. The second-order valence-electron chi connectivity index (χ2n) is 7.46. The van der Waals surface area contributed by atoms with Gasteiger partial charge in [-0.2, -0.15) is 0 Å². The highest BCUT2D eigenvalue weighted by molar-refractivity contribution is 6.62. The molecule has 3 N–H and O–H groups in total. The van der Waals surface area contributed by atoms with Gasteiger partial charge < -0.3 is 20.4 Å². The van der Waals surface area contributed by atoms with Gasteiger partial charge in [0.05, 0.1) is 11.2 Å². The lowest BCUT2D eigenvalue weighted by Gasteiger charge is -2.32. The normalized spacial score (nSPS) is 17.0. The molecule has 2 aromatic carbocycles.